The molecule has 0 fully saturated rings. The predicted octanol–water partition coefficient (Wildman–Crippen LogP) is 4.26. The number of hydrogen-bond acceptors (Lipinski definition) is 3. The summed E-state index contributed by atoms with van der Waals surface area (Å²) in [7, 11) is 0. The number of aryl methyl sites for hydroxylation is 1. The summed E-state index contributed by atoms with van der Waals surface area (Å²) < 4.78 is 11.4. The molecule has 0 bridgehead atoms. The average molecular weight is 362 g/mol. The molecular weight excluding hydrogens is 338 g/mol. The third-order valence-electron chi connectivity index (χ3n) is 3.72. The summed E-state index contributed by atoms with van der Waals surface area (Å²) in [5.41, 5.74) is 0.276. The number of carbonyl (C=O) groups excluding carboxylic acids is 1. The van der Waals surface area contributed by atoms with Crippen LogP contribution in [0.15, 0.2) is 48.5 Å². The van der Waals surface area contributed by atoms with Gasteiger partial charge in [0.2, 0.25) is 0 Å². The van der Waals surface area contributed by atoms with Gasteiger partial charge in [-0.15, -0.1) is 0 Å². The molecule has 2 aromatic rings. The van der Waals surface area contributed by atoms with Gasteiger partial charge in [-0.1, -0.05) is 30.7 Å². The Hall–Kier alpha value is -2.20. The minimum absolute atomic E-state index is 0.201. The number of benzene rings is 2. The fraction of sp³-hybridized carbons (Fsp3) is 0.350. The number of amides is 1. The van der Waals surface area contributed by atoms with Gasteiger partial charge in [-0.25, -0.2) is 0 Å². The van der Waals surface area contributed by atoms with E-state index >= 15 is 0 Å². The summed E-state index contributed by atoms with van der Waals surface area (Å²) in [5.74, 6) is 1.19. The summed E-state index contributed by atoms with van der Waals surface area (Å²) in [6.45, 7) is 6.36. The molecule has 0 aliphatic rings. The van der Waals surface area contributed by atoms with Crippen molar-refractivity contribution in [3.63, 3.8) is 0 Å². The van der Waals surface area contributed by atoms with Gasteiger partial charge in [0.05, 0.1) is 6.54 Å². The van der Waals surface area contributed by atoms with Gasteiger partial charge >= 0.3 is 0 Å². The van der Waals surface area contributed by atoms with Crippen LogP contribution in [0, 0.1) is 0 Å². The van der Waals surface area contributed by atoms with Crippen LogP contribution in [0.1, 0.15) is 26.3 Å². The molecule has 0 aliphatic carbocycles. The van der Waals surface area contributed by atoms with E-state index in [1.807, 2.05) is 24.3 Å². The molecule has 5 heteroatoms. The first-order chi connectivity index (χ1) is 11.9. The van der Waals surface area contributed by atoms with E-state index in [2.05, 4.69) is 12.2 Å². The van der Waals surface area contributed by atoms with Crippen molar-refractivity contribution in [3.05, 3.63) is 59.1 Å². The Labute approximate surface area is 154 Å². The molecule has 2 rings (SSSR count). The fourth-order valence-electron chi connectivity index (χ4n) is 2.21. The molecule has 25 heavy (non-hydrogen) atoms. The maximum absolute atomic E-state index is 12.3. The second kappa shape index (κ2) is 8.77. The lowest BCUT2D eigenvalue weighted by Crippen LogP contribution is -2.47. The Morgan fingerprint density at radius 1 is 1.04 bits per heavy atom. The van der Waals surface area contributed by atoms with E-state index in [0.29, 0.717) is 23.9 Å². The minimum atomic E-state index is -0.989. The van der Waals surface area contributed by atoms with Crippen LogP contribution in [0.2, 0.25) is 5.02 Å². The van der Waals surface area contributed by atoms with Gasteiger partial charge in [0.15, 0.2) is 5.60 Å². The van der Waals surface area contributed by atoms with E-state index in [9.17, 15) is 4.79 Å². The molecule has 1 N–H and O–H groups in total. The molecule has 0 radical (unpaired) electrons. The van der Waals surface area contributed by atoms with E-state index in [1.165, 1.54) is 5.56 Å². The summed E-state index contributed by atoms with van der Waals surface area (Å²) in [4.78, 5) is 12.3. The highest BCUT2D eigenvalue weighted by Gasteiger charge is 2.29. The Kier molecular flexibility index (Phi) is 6.71. The second-order valence-corrected chi connectivity index (χ2v) is 6.60. The standard InChI is InChI=1S/C20H24ClNO3/c1-4-15-5-9-17(10-6-15)24-14-13-22-19(23)20(2,3)25-18-11-7-16(21)8-12-18/h5-12H,4,13-14H2,1-3H3,(H,22,23). The fourth-order valence-corrected chi connectivity index (χ4v) is 2.34. The Bertz CT molecular complexity index is 681. The highest BCUT2D eigenvalue weighted by atomic mass is 35.5. The normalized spacial score (nSPS) is 11.0. The summed E-state index contributed by atoms with van der Waals surface area (Å²) in [5, 5.41) is 3.46. The Balaban J connectivity index is 1.76. The summed E-state index contributed by atoms with van der Waals surface area (Å²) >= 11 is 5.85. The largest absolute Gasteiger partial charge is 0.492 e. The van der Waals surface area contributed by atoms with Crippen molar-refractivity contribution in [2.75, 3.05) is 13.2 Å². The lowest BCUT2D eigenvalue weighted by atomic mass is 10.1. The van der Waals surface area contributed by atoms with E-state index < -0.39 is 5.60 Å². The molecule has 1 amide bonds. The molecular formula is C20H24ClNO3. The highest BCUT2D eigenvalue weighted by Crippen LogP contribution is 2.21. The third-order valence-corrected chi connectivity index (χ3v) is 3.97. The van der Waals surface area contributed by atoms with Crippen LogP contribution < -0.4 is 14.8 Å². The first-order valence-corrected chi connectivity index (χ1v) is 8.73. The maximum atomic E-state index is 12.3. The zero-order chi connectivity index (χ0) is 18.3. The van der Waals surface area contributed by atoms with Gasteiger partial charge in [-0.2, -0.15) is 0 Å². The van der Waals surface area contributed by atoms with Crippen LogP contribution in [0.3, 0.4) is 0 Å². The number of halogens is 1. The number of rotatable bonds is 8. The van der Waals surface area contributed by atoms with Crippen molar-refractivity contribution in [2.24, 2.45) is 0 Å². The monoisotopic (exact) mass is 361 g/mol. The SMILES string of the molecule is CCc1ccc(OCCNC(=O)C(C)(C)Oc2ccc(Cl)cc2)cc1. The second-order valence-electron chi connectivity index (χ2n) is 6.17. The zero-order valence-electron chi connectivity index (χ0n) is 14.8. The first-order valence-electron chi connectivity index (χ1n) is 8.35. The van der Waals surface area contributed by atoms with Gasteiger partial charge in [-0.3, -0.25) is 4.79 Å². The van der Waals surface area contributed by atoms with E-state index in [0.717, 1.165) is 12.2 Å². The smallest absolute Gasteiger partial charge is 0.263 e. The molecule has 0 saturated carbocycles. The van der Waals surface area contributed by atoms with Gasteiger partial charge in [0.1, 0.15) is 18.1 Å². The highest BCUT2D eigenvalue weighted by molar-refractivity contribution is 6.30. The van der Waals surface area contributed by atoms with Crippen LogP contribution in [0.4, 0.5) is 0 Å². The number of ether oxygens (including phenoxy) is 2. The quantitative estimate of drug-likeness (QED) is 0.715. The number of carbonyl (C=O) groups is 1. The van der Waals surface area contributed by atoms with Crippen molar-refractivity contribution in [3.8, 4) is 11.5 Å². The van der Waals surface area contributed by atoms with Crippen molar-refractivity contribution in [1.29, 1.82) is 0 Å². The molecule has 0 atom stereocenters. The molecule has 0 heterocycles. The minimum Gasteiger partial charge on any atom is -0.492 e. The lowest BCUT2D eigenvalue weighted by Gasteiger charge is -2.25. The van der Waals surface area contributed by atoms with E-state index in [4.69, 9.17) is 21.1 Å². The van der Waals surface area contributed by atoms with Gasteiger partial charge in [0.25, 0.3) is 5.91 Å². The summed E-state index contributed by atoms with van der Waals surface area (Å²) in [6, 6.07) is 14.9. The van der Waals surface area contributed by atoms with Gasteiger partial charge < -0.3 is 14.8 Å². The van der Waals surface area contributed by atoms with Crippen LogP contribution in [0.5, 0.6) is 11.5 Å². The van der Waals surface area contributed by atoms with Crippen LogP contribution in [-0.4, -0.2) is 24.7 Å². The molecule has 4 nitrogen and oxygen atoms in total. The van der Waals surface area contributed by atoms with Crippen LogP contribution in [0.25, 0.3) is 0 Å². The molecule has 0 spiro atoms. The first kappa shape index (κ1) is 19.1. The molecule has 134 valence electrons. The van der Waals surface area contributed by atoms with Gasteiger partial charge in [0, 0.05) is 5.02 Å². The molecule has 0 aliphatic heterocycles. The van der Waals surface area contributed by atoms with Gasteiger partial charge in [-0.05, 0) is 62.2 Å². The van der Waals surface area contributed by atoms with E-state index in [1.54, 1.807) is 38.1 Å². The number of hydrogen-bond donors (Lipinski definition) is 1. The van der Waals surface area contributed by atoms with Crippen molar-refractivity contribution in [2.45, 2.75) is 32.8 Å². The molecule has 0 saturated heterocycles. The van der Waals surface area contributed by atoms with Crippen molar-refractivity contribution < 1.29 is 14.3 Å². The van der Waals surface area contributed by atoms with E-state index in [-0.39, 0.29) is 5.91 Å². The van der Waals surface area contributed by atoms with Crippen molar-refractivity contribution in [1.82, 2.24) is 5.32 Å². The maximum Gasteiger partial charge on any atom is 0.263 e. The molecule has 2 aromatic carbocycles. The van der Waals surface area contributed by atoms with Crippen LogP contribution in [-0.2, 0) is 11.2 Å². The Morgan fingerprint density at radius 2 is 1.64 bits per heavy atom. The van der Waals surface area contributed by atoms with Crippen LogP contribution >= 0.6 is 11.6 Å². The predicted molar refractivity (Wildman–Crippen MR) is 100 cm³/mol. The average Bonchev–Trinajstić information content (AvgIpc) is 2.61. The third kappa shape index (κ3) is 5.98. The topological polar surface area (TPSA) is 47.6 Å². The number of nitrogens with one attached hydrogen (secondary N) is 1. The molecule has 0 aromatic heterocycles. The Morgan fingerprint density at radius 3 is 2.24 bits per heavy atom. The lowest BCUT2D eigenvalue weighted by molar-refractivity contribution is -0.134. The van der Waals surface area contributed by atoms with Crippen molar-refractivity contribution >= 4 is 17.5 Å². The molecule has 0 unspecified atom stereocenters. The zero-order valence-corrected chi connectivity index (χ0v) is 15.6. The summed E-state index contributed by atoms with van der Waals surface area (Å²) in [6.07, 6.45) is 0.999.